The molecule has 0 N–H and O–H groups in total. The van der Waals surface area contributed by atoms with E-state index in [0.717, 1.165) is 31.6 Å². The average molecular weight is 538 g/mol. The Hall–Kier alpha value is -2.54. The Morgan fingerprint density at radius 2 is 1.97 bits per heavy atom. The predicted octanol–water partition coefficient (Wildman–Crippen LogP) is 3.41. The van der Waals surface area contributed by atoms with Gasteiger partial charge < -0.3 is 9.30 Å². The summed E-state index contributed by atoms with van der Waals surface area (Å²) in [6.45, 7) is 1.98. The maximum Gasteiger partial charge on any atom is 0.326 e. The molecule has 1 fully saturated rings. The molecule has 1 aromatic heterocycles. The molecule has 1 aliphatic rings. The van der Waals surface area contributed by atoms with E-state index in [1.54, 1.807) is 23.3 Å². The van der Waals surface area contributed by atoms with Crippen LogP contribution in [0.25, 0.3) is 10.2 Å². The number of hydrogen-bond donors (Lipinski definition) is 0. The van der Waals surface area contributed by atoms with Crippen molar-refractivity contribution in [1.29, 1.82) is 0 Å². The first-order valence-electron chi connectivity index (χ1n) is 10.9. The molecule has 12 heteroatoms. The van der Waals surface area contributed by atoms with Crippen molar-refractivity contribution in [2.75, 3.05) is 19.4 Å². The third kappa shape index (κ3) is 5.35. The fraction of sp³-hybridized carbons (Fsp3) is 0.348. The topological polar surface area (TPSA) is 98.0 Å². The van der Waals surface area contributed by atoms with Gasteiger partial charge in [-0.3, -0.25) is 9.59 Å². The molecule has 0 spiro atoms. The van der Waals surface area contributed by atoms with Gasteiger partial charge in [-0.15, -0.1) is 11.8 Å². The van der Waals surface area contributed by atoms with Crippen LogP contribution in [-0.4, -0.2) is 54.6 Å². The summed E-state index contributed by atoms with van der Waals surface area (Å²) in [6.07, 6.45) is 2.77. The summed E-state index contributed by atoms with van der Waals surface area (Å²) in [6, 6.07) is 9.27. The summed E-state index contributed by atoms with van der Waals surface area (Å²) in [5.41, 5.74) is 0.731. The molecule has 2 heterocycles. The number of esters is 1. The first-order valence-corrected chi connectivity index (χ1v) is 14.4. The number of fused-ring (bicyclic) bond motifs is 1. The minimum atomic E-state index is -4.01. The minimum absolute atomic E-state index is 0.0811. The number of thioether (sulfide) groups is 1. The van der Waals surface area contributed by atoms with E-state index in [0.29, 0.717) is 17.6 Å². The molecule has 186 valence electrons. The standard InChI is InChI=1S/C23H24FN3O5S3/c1-3-32-21(28)14-26-18-11-8-16(33-2)13-20(18)34-23(26)25-22(29)19-5-4-12-27(19)35(30,31)17-9-6-15(24)7-10-17/h6-11,13,19H,3-5,12,14H2,1-2H3. The van der Waals surface area contributed by atoms with E-state index in [4.69, 9.17) is 4.74 Å². The van der Waals surface area contributed by atoms with Crippen LogP contribution in [0.4, 0.5) is 4.39 Å². The summed E-state index contributed by atoms with van der Waals surface area (Å²) >= 11 is 2.82. The van der Waals surface area contributed by atoms with E-state index in [2.05, 4.69) is 4.99 Å². The first kappa shape index (κ1) is 25.5. The second-order valence-corrected chi connectivity index (χ2v) is 11.6. The number of carbonyl (C=O) groups excluding carboxylic acids is 2. The lowest BCUT2D eigenvalue weighted by Gasteiger charge is -2.21. The van der Waals surface area contributed by atoms with Gasteiger partial charge in [-0.25, -0.2) is 12.8 Å². The smallest absolute Gasteiger partial charge is 0.326 e. The van der Waals surface area contributed by atoms with E-state index in [1.807, 2.05) is 24.5 Å². The molecule has 35 heavy (non-hydrogen) atoms. The lowest BCUT2D eigenvalue weighted by molar-refractivity contribution is -0.143. The summed E-state index contributed by atoms with van der Waals surface area (Å²) in [4.78, 5) is 31.0. The van der Waals surface area contributed by atoms with Crippen molar-refractivity contribution in [1.82, 2.24) is 8.87 Å². The zero-order valence-electron chi connectivity index (χ0n) is 19.1. The van der Waals surface area contributed by atoms with Gasteiger partial charge in [0.05, 0.1) is 21.7 Å². The third-order valence-electron chi connectivity index (χ3n) is 5.60. The molecular weight excluding hydrogens is 513 g/mol. The highest BCUT2D eigenvalue weighted by Crippen LogP contribution is 2.28. The fourth-order valence-corrected chi connectivity index (χ4v) is 7.18. The summed E-state index contributed by atoms with van der Waals surface area (Å²) < 4.78 is 48.3. The van der Waals surface area contributed by atoms with Crippen LogP contribution in [0, 0.1) is 5.82 Å². The van der Waals surface area contributed by atoms with Crippen molar-refractivity contribution in [3.05, 3.63) is 53.1 Å². The number of benzene rings is 2. The number of nitrogens with zero attached hydrogens (tertiary/aromatic N) is 3. The number of carbonyl (C=O) groups is 2. The Balaban J connectivity index is 1.73. The van der Waals surface area contributed by atoms with Gasteiger partial charge >= 0.3 is 5.97 Å². The number of hydrogen-bond acceptors (Lipinski definition) is 7. The molecule has 0 radical (unpaired) electrons. The molecule has 8 nitrogen and oxygen atoms in total. The van der Waals surface area contributed by atoms with E-state index < -0.39 is 33.8 Å². The molecule has 2 aromatic carbocycles. The highest BCUT2D eigenvalue weighted by atomic mass is 32.2. The largest absolute Gasteiger partial charge is 0.465 e. The number of sulfonamides is 1. The molecule has 4 rings (SSSR count). The molecule has 1 aliphatic heterocycles. The van der Waals surface area contributed by atoms with Crippen LogP contribution in [-0.2, 0) is 30.9 Å². The monoisotopic (exact) mass is 537 g/mol. The zero-order chi connectivity index (χ0) is 25.2. The van der Waals surface area contributed by atoms with Crippen molar-refractivity contribution >= 4 is 55.2 Å². The number of thiazole rings is 1. The normalized spacial score (nSPS) is 17.2. The van der Waals surface area contributed by atoms with Gasteiger partial charge in [0.2, 0.25) is 10.0 Å². The highest BCUT2D eigenvalue weighted by Gasteiger charge is 2.39. The Bertz CT molecular complexity index is 1430. The zero-order valence-corrected chi connectivity index (χ0v) is 21.6. The number of amides is 1. The molecule has 1 unspecified atom stereocenters. The molecular formula is C23H24FN3O5S3. The molecule has 3 aromatic rings. The predicted molar refractivity (Wildman–Crippen MR) is 132 cm³/mol. The van der Waals surface area contributed by atoms with Crippen molar-refractivity contribution in [2.45, 2.75) is 42.1 Å². The SMILES string of the molecule is CCOC(=O)Cn1c(=NC(=O)C2CCCN2S(=O)(=O)c2ccc(F)cc2)sc2cc(SC)ccc21. The van der Waals surface area contributed by atoms with Crippen LogP contribution >= 0.6 is 23.1 Å². The fourth-order valence-electron chi connectivity index (χ4n) is 3.94. The van der Waals surface area contributed by atoms with Crippen LogP contribution in [0.15, 0.2) is 57.2 Å². The molecule has 1 atom stereocenters. The van der Waals surface area contributed by atoms with Crippen LogP contribution in [0.5, 0.6) is 0 Å². The van der Waals surface area contributed by atoms with Crippen LogP contribution in [0.3, 0.4) is 0 Å². The molecule has 0 aliphatic carbocycles. The van der Waals surface area contributed by atoms with Gasteiger partial charge in [0.25, 0.3) is 5.91 Å². The summed E-state index contributed by atoms with van der Waals surface area (Å²) in [5.74, 6) is -1.62. The number of aromatic nitrogens is 1. The molecule has 1 saturated heterocycles. The molecule has 1 amide bonds. The van der Waals surface area contributed by atoms with Crippen molar-refractivity contribution in [3.63, 3.8) is 0 Å². The van der Waals surface area contributed by atoms with E-state index in [1.165, 1.54) is 23.5 Å². The number of halogens is 1. The Morgan fingerprint density at radius 3 is 2.66 bits per heavy atom. The second kappa shape index (κ2) is 10.6. The van der Waals surface area contributed by atoms with Gasteiger partial charge in [0.15, 0.2) is 4.80 Å². The van der Waals surface area contributed by atoms with E-state index in [9.17, 15) is 22.4 Å². The summed E-state index contributed by atoms with van der Waals surface area (Å²) in [5, 5.41) is 0. The van der Waals surface area contributed by atoms with E-state index in [-0.39, 0.29) is 24.6 Å². The van der Waals surface area contributed by atoms with Crippen LogP contribution in [0.2, 0.25) is 0 Å². The minimum Gasteiger partial charge on any atom is -0.465 e. The van der Waals surface area contributed by atoms with Gasteiger partial charge in [0, 0.05) is 11.4 Å². The lowest BCUT2D eigenvalue weighted by atomic mass is 10.2. The van der Waals surface area contributed by atoms with Crippen molar-refractivity contribution in [3.8, 4) is 0 Å². The van der Waals surface area contributed by atoms with Gasteiger partial charge in [0.1, 0.15) is 18.4 Å². The maximum absolute atomic E-state index is 13.3. The Labute approximate surface area is 210 Å². The molecule has 0 bridgehead atoms. The second-order valence-electron chi connectivity index (χ2n) is 7.79. The third-order valence-corrected chi connectivity index (χ3v) is 9.29. The number of rotatable bonds is 7. The quantitative estimate of drug-likeness (QED) is 0.339. The highest BCUT2D eigenvalue weighted by molar-refractivity contribution is 7.98. The van der Waals surface area contributed by atoms with Crippen LogP contribution < -0.4 is 4.80 Å². The summed E-state index contributed by atoms with van der Waals surface area (Å²) in [7, 11) is -4.01. The lowest BCUT2D eigenvalue weighted by Crippen LogP contribution is -2.40. The number of ether oxygens (including phenoxy) is 1. The van der Waals surface area contributed by atoms with Crippen molar-refractivity contribution in [2.24, 2.45) is 4.99 Å². The first-order chi connectivity index (χ1) is 16.7. The average Bonchev–Trinajstić information content (AvgIpc) is 3.45. The van der Waals surface area contributed by atoms with E-state index >= 15 is 0 Å². The van der Waals surface area contributed by atoms with Crippen LogP contribution in [0.1, 0.15) is 19.8 Å². The maximum atomic E-state index is 13.3. The van der Waals surface area contributed by atoms with Gasteiger partial charge in [-0.1, -0.05) is 11.3 Å². The van der Waals surface area contributed by atoms with Gasteiger partial charge in [-0.2, -0.15) is 9.30 Å². The Morgan fingerprint density at radius 1 is 1.23 bits per heavy atom. The Kier molecular flexibility index (Phi) is 7.74. The van der Waals surface area contributed by atoms with Crippen molar-refractivity contribution < 1.29 is 27.1 Å². The molecule has 0 saturated carbocycles. The van der Waals surface area contributed by atoms with Gasteiger partial charge in [-0.05, 0) is 68.5 Å².